The number of piperazine rings is 1. The first-order valence-corrected chi connectivity index (χ1v) is 7.14. The van der Waals surface area contributed by atoms with Gasteiger partial charge in [0.1, 0.15) is 0 Å². The van der Waals surface area contributed by atoms with Crippen LogP contribution in [0.2, 0.25) is 0 Å². The zero-order chi connectivity index (χ0) is 12.8. The molecule has 0 N–H and O–H groups in total. The van der Waals surface area contributed by atoms with Crippen LogP contribution in [0.1, 0.15) is 39.7 Å². The van der Waals surface area contributed by atoms with Crippen molar-refractivity contribution in [1.29, 1.82) is 0 Å². The lowest BCUT2D eigenvalue weighted by Crippen LogP contribution is -2.50. The van der Waals surface area contributed by atoms with E-state index in [0.29, 0.717) is 11.6 Å². The van der Waals surface area contributed by atoms with E-state index in [1.807, 2.05) is 4.68 Å². The third-order valence-corrected chi connectivity index (χ3v) is 4.46. The summed E-state index contributed by atoms with van der Waals surface area (Å²) in [5, 5.41) is 4.66. The van der Waals surface area contributed by atoms with Crippen LogP contribution in [0.15, 0.2) is 12.3 Å². The Hall–Kier alpha value is -1.03. The molecule has 1 aromatic rings. The molecule has 0 unspecified atom stereocenters. The van der Waals surface area contributed by atoms with Crippen LogP contribution in [0.3, 0.4) is 0 Å². The van der Waals surface area contributed by atoms with E-state index in [-0.39, 0.29) is 0 Å². The van der Waals surface area contributed by atoms with Crippen molar-refractivity contribution in [3.05, 3.63) is 12.3 Å². The van der Waals surface area contributed by atoms with Crippen LogP contribution in [0.5, 0.6) is 0 Å². The van der Waals surface area contributed by atoms with E-state index >= 15 is 0 Å². The van der Waals surface area contributed by atoms with Crippen molar-refractivity contribution in [2.45, 2.75) is 45.2 Å². The summed E-state index contributed by atoms with van der Waals surface area (Å²) in [6.45, 7) is 11.3. The van der Waals surface area contributed by atoms with E-state index in [2.05, 4.69) is 47.9 Å². The van der Waals surface area contributed by atoms with E-state index < -0.39 is 0 Å². The van der Waals surface area contributed by atoms with Crippen molar-refractivity contribution in [3.8, 4) is 0 Å². The largest absolute Gasteiger partial charge is 0.353 e. The maximum atomic E-state index is 4.66. The molecule has 0 aromatic carbocycles. The predicted molar refractivity (Wildman–Crippen MR) is 74.0 cm³/mol. The van der Waals surface area contributed by atoms with Gasteiger partial charge in [0.25, 0.3) is 0 Å². The molecule has 1 saturated carbocycles. The standard InChI is InChI=1S/C14H24N4/c1-12(2)18-7-4-13(15-18)16-8-10-17(11-9-16)14(3)5-6-14/h4,7,12H,5-6,8-11H2,1-3H3. The van der Waals surface area contributed by atoms with Gasteiger partial charge in [-0.25, -0.2) is 0 Å². The van der Waals surface area contributed by atoms with Gasteiger partial charge >= 0.3 is 0 Å². The van der Waals surface area contributed by atoms with Gasteiger partial charge in [0, 0.05) is 50.0 Å². The zero-order valence-corrected chi connectivity index (χ0v) is 11.8. The molecule has 1 aromatic heterocycles. The van der Waals surface area contributed by atoms with Gasteiger partial charge in [-0.1, -0.05) is 0 Å². The third kappa shape index (κ3) is 2.14. The van der Waals surface area contributed by atoms with Crippen LogP contribution in [0, 0.1) is 0 Å². The number of aromatic nitrogens is 2. The molecular formula is C14H24N4. The van der Waals surface area contributed by atoms with Gasteiger partial charge in [0.05, 0.1) is 0 Å². The Morgan fingerprint density at radius 3 is 2.33 bits per heavy atom. The number of anilines is 1. The lowest BCUT2D eigenvalue weighted by molar-refractivity contribution is 0.179. The fourth-order valence-electron chi connectivity index (χ4n) is 2.76. The number of hydrogen-bond donors (Lipinski definition) is 0. The average Bonchev–Trinajstić information content (AvgIpc) is 2.95. The van der Waals surface area contributed by atoms with Crippen molar-refractivity contribution in [2.75, 3.05) is 31.1 Å². The highest BCUT2D eigenvalue weighted by Crippen LogP contribution is 2.41. The van der Waals surface area contributed by atoms with Gasteiger partial charge in [0.15, 0.2) is 5.82 Å². The van der Waals surface area contributed by atoms with E-state index in [4.69, 9.17) is 0 Å². The molecule has 0 spiro atoms. The Morgan fingerprint density at radius 2 is 1.83 bits per heavy atom. The smallest absolute Gasteiger partial charge is 0.150 e. The Labute approximate surface area is 110 Å². The summed E-state index contributed by atoms with van der Waals surface area (Å²) in [6.07, 6.45) is 4.86. The first-order valence-electron chi connectivity index (χ1n) is 7.14. The summed E-state index contributed by atoms with van der Waals surface area (Å²) in [5.74, 6) is 1.14. The predicted octanol–water partition coefficient (Wildman–Crippen LogP) is 2.14. The molecule has 1 aliphatic heterocycles. The molecule has 4 nitrogen and oxygen atoms in total. The maximum absolute atomic E-state index is 4.66. The Kier molecular flexibility index (Phi) is 2.85. The SMILES string of the molecule is CC(C)n1ccc(N2CCN(C3(C)CC3)CC2)n1. The minimum atomic E-state index is 0.449. The second-order valence-corrected chi connectivity index (χ2v) is 6.22. The number of rotatable bonds is 3. The van der Waals surface area contributed by atoms with Gasteiger partial charge in [-0.3, -0.25) is 9.58 Å². The van der Waals surface area contributed by atoms with Crippen LogP contribution in [-0.4, -0.2) is 46.4 Å². The monoisotopic (exact) mass is 248 g/mol. The van der Waals surface area contributed by atoms with Gasteiger partial charge in [-0.15, -0.1) is 0 Å². The molecule has 0 amide bonds. The zero-order valence-electron chi connectivity index (χ0n) is 11.8. The minimum Gasteiger partial charge on any atom is -0.353 e. The van der Waals surface area contributed by atoms with Crippen LogP contribution < -0.4 is 4.90 Å². The van der Waals surface area contributed by atoms with Crippen molar-refractivity contribution < 1.29 is 0 Å². The first-order chi connectivity index (χ1) is 8.58. The van der Waals surface area contributed by atoms with Crippen molar-refractivity contribution in [3.63, 3.8) is 0 Å². The van der Waals surface area contributed by atoms with Gasteiger partial charge in [0.2, 0.25) is 0 Å². The topological polar surface area (TPSA) is 24.3 Å². The van der Waals surface area contributed by atoms with E-state index in [0.717, 1.165) is 18.9 Å². The van der Waals surface area contributed by atoms with E-state index in [1.54, 1.807) is 0 Å². The van der Waals surface area contributed by atoms with Crippen LogP contribution in [0.4, 0.5) is 5.82 Å². The van der Waals surface area contributed by atoms with Crippen molar-refractivity contribution in [1.82, 2.24) is 14.7 Å². The first kappa shape index (κ1) is 12.0. The second kappa shape index (κ2) is 4.26. The van der Waals surface area contributed by atoms with E-state index in [1.165, 1.54) is 25.9 Å². The van der Waals surface area contributed by atoms with Gasteiger partial charge in [-0.05, 0) is 33.6 Å². The van der Waals surface area contributed by atoms with Gasteiger partial charge in [-0.2, -0.15) is 5.10 Å². The Bertz CT molecular complexity index is 411. The second-order valence-electron chi connectivity index (χ2n) is 6.22. The summed E-state index contributed by atoms with van der Waals surface area (Å²) in [7, 11) is 0. The third-order valence-electron chi connectivity index (χ3n) is 4.46. The highest BCUT2D eigenvalue weighted by molar-refractivity contribution is 5.37. The molecule has 4 heteroatoms. The van der Waals surface area contributed by atoms with Crippen LogP contribution in [0.25, 0.3) is 0 Å². The summed E-state index contributed by atoms with van der Waals surface area (Å²) in [5.41, 5.74) is 0.531. The molecule has 1 saturated heterocycles. The molecule has 2 fully saturated rings. The molecular weight excluding hydrogens is 224 g/mol. The van der Waals surface area contributed by atoms with Crippen LogP contribution in [-0.2, 0) is 0 Å². The lowest BCUT2D eigenvalue weighted by atomic mass is 10.2. The fraction of sp³-hybridized carbons (Fsp3) is 0.786. The molecule has 0 radical (unpaired) electrons. The molecule has 100 valence electrons. The Morgan fingerprint density at radius 1 is 1.17 bits per heavy atom. The molecule has 0 bridgehead atoms. The van der Waals surface area contributed by atoms with Crippen molar-refractivity contribution >= 4 is 5.82 Å². The fourth-order valence-corrected chi connectivity index (χ4v) is 2.76. The van der Waals surface area contributed by atoms with Gasteiger partial charge < -0.3 is 4.90 Å². The lowest BCUT2D eigenvalue weighted by Gasteiger charge is -2.38. The highest BCUT2D eigenvalue weighted by atomic mass is 15.4. The molecule has 2 aliphatic rings. The highest BCUT2D eigenvalue weighted by Gasteiger charge is 2.43. The quantitative estimate of drug-likeness (QED) is 0.819. The summed E-state index contributed by atoms with van der Waals surface area (Å²) < 4.78 is 2.05. The molecule has 18 heavy (non-hydrogen) atoms. The average molecular weight is 248 g/mol. The summed E-state index contributed by atoms with van der Waals surface area (Å²) in [4.78, 5) is 5.07. The maximum Gasteiger partial charge on any atom is 0.150 e. The van der Waals surface area contributed by atoms with Crippen LogP contribution >= 0.6 is 0 Å². The summed E-state index contributed by atoms with van der Waals surface area (Å²) >= 11 is 0. The number of nitrogens with zero attached hydrogens (tertiary/aromatic N) is 4. The van der Waals surface area contributed by atoms with E-state index in [9.17, 15) is 0 Å². The molecule has 3 rings (SSSR count). The molecule has 0 atom stereocenters. The minimum absolute atomic E-state index is 0.449. The summed E-state index contributed by atoms with van der Waals surface area (Å²) in [6, 6.07) is 2.60. The van der Waals surface area contributed by atoms with Crippen molar-refractivity contribution in [2.24, 2.45) is 0 Å². The number of hydrogen-bond acceptors (Lipinski definition) is 3. The molecule has 2 heterocycles. The normalized spacial score (nSPS) is 23.7. The Balaban J connectivity index is 1.61. The molecule has 1 aliphatic carbocycles.